The fraction of sp³-hybridized carbons (Fsp3) is 0.238. The molecule has 0 saturated carbocycles. The Balaban J connectivity index is 2.17. The van der Waals surface area contributed by atoms with Crippen molar-refractivity contribution >= 4 is 5.97 Å². The summed E-state index contributed by atoms with van der Waals surface area (Å²) in [4.78, 5) is 12.5. The molecule has 1 heterocycles. The average Bonchev–Trinajstić information content (AvgIpc) is 3.09. The molecule has 0 amide bonds. The number of rotatable bonds is 6. The van der Waals surface area contributed by atoms with Crippen LogP contribution in [0.25, 0.3) is 5.69 Å². The van der Waals surface area contributed by atoms with Crippen molar-refractivity contribution in [3.8, 4) is 5.69 Å². The number of nitrogens with zero attached hydrogens (tertiary/aromatic N) is 2. The number of para-hydroxylation sites is 1. The SMILES string of the molecule is CCOC(=O)c1cnn(-c2ccccc2)c1C(CC)c1ccccc1. The molecule has 0 fully saturated rings. The molecular formula is C21H22N2O2. The molecule has 2 aromatic carbocycles. The van der Waals surface area contributed by atoms with Gasteiger partial charge < -0.3 is 4.74 Å². The Morgan fingerprint density at radius 2 is 1.68 bits per heavy atom. The van der Waals surface area contributed by atoms with Crippen LogP contribution in [0.1, 0.15) is 47.8 Å². The van der Waals surface area contributed by atoms with E-state index in [-0.39, 0.29) is 11.9 Å². The van der Waals surface area contributed by atoms with Gasteiger partial charge in [-0.25, -0.2) is 9.48 Å². The van der Waals surface area contributed by atoms with Crippen LogP contribution in [-0.2, 0) is 4.74 Å². The van der Waals surface area contributed by atoms with Crippen molar-refractivity contribution in [3.63, 3.8) is 0 Å². The highest BCUT2D eigenvalue weighted by atomic mass is 16.5. The number of hydrogen-bond acceptors (Lipinski definition) is 3. The van der Waals surface area contributed by atoms with Crippen molar-refractivity contribution in [1.82, 2.24) is 9.78 Å². The predicted octanol–water partition coefficient (Wildman–Crippen LogP) is 4.59. The lowest BCUT2D eigenvalue weighted by Gasteiger charge is -2.19. The van der Waals surface area contributed by atoms with Crippen molar-refractivity contribution < 1.29 is 9.53 Å². The third-order valence-corrected chi connectivity index (χ3v) is 4.24. The quantitative estimate of drug-likeness (QED) is 0.619. The van der Waals surface area contributed by atoms with E-state index in [4.69, 9.17) is 4.74 Å². The van der Waals surface area contributed by atoms with Crippen molar-refractivity contribution in [2.45, 2.75) is 26.2 Å². The molecule has 0 spiro atoms. The minimum atomic E-state index is -0.325. The Kier molecular flexibility index (Phi) is 5.29. The second-order valence-electron chi connectivity index (χ2n) is 5.78. The zero-order valence-corrected chi connectivity index (χ0v) is 14.6. The molecule has 1 aromatic heterocycles. The predicted molar refractivity (Wildman–Crippen MR) is 98.1 cm³/mol. The highest BCUT2D eigenvalue weighted by Crippen LogP contribution is 2.32. The highest BCUT2D eigenvalue weighted by molar-refractivity contribution is 5.91. The van der Waals surface area contributed by atoms with Gasteiger partial charge in [0.1, 0.15) is 5.56 Å². The molecule has 0 aliphatic carbocycles. The van der Waals surface area contributed by atoms with E-state index in [9.17, 15) is 4.79 Å². The van der Waals surface area contributed by atoms with Crippen molar-refractivity contribution in [2.75, 3.05) is 6.61 Å². The normalized spacial score (nSPS) is 11.9. The zero-order valence-electron chi connectivity index (χ0n) is 14.6. The summed E-state index contributed by atoms with van der Waals surface area (Å²) < 4.78 is 7.11. The van der Waals surface area contributed by atoms with Gasteiger partial charge in [0.05, 0.1) is 24.2 Å². The second kappa shape index (κ2) is 7.79. The molecule has 4 nitrogen and oxygen atoms in total. The summed E-state index contributed by atoms with van der Waals surface area (Å²) in [6.45, 7) is 4.28. The van der Waals surface area contributed by atoms with Gasteiger partial charge >= 0.3 is 5.97 Å². The van der Waals surface area contributed by atoms with Crippen molar-refractivity contribution in [3.05, 3.63) is 83.7 Å². The molecule has 3 aromatic rings. The van der Waals surface area contributed by atoms with Gasteiger partial charge in [0.25, 0.3) is 0 Å². The molecule has 3 rings (SSSR count). The van der Waals surface area contributed by atoms with Crippen LogP contribution in [0.4, 0.5) is 0 Å². The number of carbonyl (C=O) groups is 1. The van der Waals surface area contributed by atoms with E-state index in [1.165, 1.54) is 0 Å². The van der Waals surface area contributed by atoms with E-state index in [0.29, 0.717) is 12.2 Å². The van der Waals surface area contributed by atoms with Crippen LogP contribution in [0.5, 0.6) is 0 Å². The van der Waals surface area contributed by atoms with E-state index in [2.05, 4.69) is 24.2 Å². The zero-order chi connectivity index (χ0) is 17.6. The van der Waals surface area contributed by atoms with Gasteiger partial charge in [-0.05, 0) is 31.0 Å². The van der Waals surface area contributed by atoms with E-state index < -0.39 is 0 Å². The molecule has 0 N–H and O–H groups in total. The van der Waals surface area contributed by atoms with Gasteiger partial charge in [-0.15, -0.1) is 0 Å². The molecule has 0 aliphatic rings. The lowest BCUT2D eigenvalue weighted by Crippen LogP contribution is -2.14. The van der Waals surface area contributed by atoms with E-state index in [1.54, 1.807) is 6.20 Å². The van der Waals surface area contributed by atoms with Gasteiger partial charge in [-0.2, -0.15) is 5.10 Å². The highest BCUT2D eigenvalue weighted by Gasteiger charge is 2.26. The number of carbonyl (C=O) groups excluding carboxylic acids is 1. The molecule has 1 atom stereocenters. The topological polar surface area (TPSA) is 44.1 Å². The average molecular weight is 334 g/mol. The Morgan fingerprint density at radius 3 is 2.28 bits per heavy atom. The summed E-state index contributed by atoms with van der Waals surface area (Å²) in [5, 5.41) is 4.50. The first-order chi connectivity index (χ1) is 12.3. The number of aromatic nitrogens is 2. The molecular weight excluding hydrogens is 312 g/mol. The summed E-state index contributed by atoms with van der Waals surface area (Å²) in [5.41, 5.74) is 3.50. The third kappa shape index (κ3) is 3.48. The molecule has 128 valence electrons. The van der Waals surface area contributed by atoms with Crippen molar-refractivity contribution in [2.24, 2.45) is 0 Å². The fourth-order valence-electron chi connectivity index (χ4n) is 3.11. The summed E-state index contributed by atoms with van der Waals surface area (Å²) in [5.74, 6) is -0.266. The Morgan fingerprint density at radius 1 is 1.04 bits per heavy atom. The van der Waals surface area contributed by atoms with Gasteiger partial charge in [0.2, 0.25) is 0 Å². The monoisotopic (exact) mass is 334 g/mol. The lowest BCUT2D eigenvalue weighted by molar-refractivity contribution is 0.0524. The fourth-order valence-corrected chi connectivity index (χ4v) is 3.11. The molecule has 1 unspecified atom stereocenters. The Bertz CT molecular complexity index is 826. The maximum Gasteiger partial charge on any atom is 0.341 e. The molecule has 0 radical (unpaired) electrons. The lowest BCUT2D eigenvalue weighted by atomic mass is 9.90. The Hall–Kier alpha value is -2.88. The van der Waals surface area contributed by atoms with Crippen LogP contribution in [-0.4, -0.2) is 22.4 Å². The molecule has 0 bridgehead atoms. The van der Waals surface area contributed by atoms with Gasteiger partial charge in [-0.1, -0.05) is 55.5 Å². The van der Waals surface area contributed by atoms with Gasteiger partial charge in [-0.3, -0.25) is 0 Å². The van der Waals surface area contributed by atoms with E-state index in [1.807, 2.05) is 60.1 Å². The maximum absolute atomic E-state index is 12.5. The minimum Gasteiger partial charge on any atom is -0.462 e. The first kappa shape index (κ1) is 17.0. The summed E-state index contributed by atoms with van der Waals surface area (Å²) >= 11 is 0. The summed E-state index contributed by atoms with van der Waals surface area (Å²) in [6, 6.07) is 20.1. The molecule has 4 heteroatoms. The standard InChI is InChI=1S/C21H22N2O2/c1-3-18(16-11-7-5-8-12-16)20-19(21(24)25-4-2)15-22-23(20)17-13-9-6-10-14-17/h5-15,18H,3-4H2,1-2H3. The number of hydrogen-bond donors (Lipinski definition) is 0. The maximum atomic E-state index is 12.5. The second-order valence-corrected chi connectivity index (χ2v) is 5.78. The number of ether oxygens (including phenoxy) is 1. The minimum absolute atomic E-state index is 0.0586. The first-order valence-corrected chi connectivity index (χ1v) is 8.61. The number of benzene rings is 2. The van der Waals surface area contributed by atoms with E-state index >= 15 is 0 Å². The van der Waals surface area contributed by atoms with Gasteiger partial charge in [0, 0.05) is 5.92 Å². The molecule has 25 heavy (non-hydrogen) atoms. The van der Waals surface area contributed by atoms with Crippen LogP contribution >= 0.6 is 0 Å². The smallest absolute Gasteiger partial charge is 0.341 e. The van der Waals surface area contributed by atoms with Gasteiger partial charge in [0.15, 0.2) is 0 Å². The number of esters is 1. The van der Waals surface area contributed by atoms with Crippen LogP contribution in [0.3, 0.4) is 0 Å². The van der Waals surface area contributed by atoms with Crippen LogP contribution in [0.15, 0.2) is 66.9 Å². The third-order valence-electron chi connectivity index (χ3n) is 4.24. The van der Waals surface area contributed by atoms with Crippen LogP contribution in [0.2, 0.25) is 0 Å². The molecule has 0 saturated heterocycles. The largest absolute Gasteiger partial charge is 0.462 e. The summed E-state index contributed by atoms with van der Waals surface area (Å²) in [6.07, 6.45) is 2.47. The first-order valence-electron chi connectivity index (χ1n) is 8.61. The Labute approximate surface area is 148 Å². The van der Waals surface area contributed by atoms with Crippen LogP contribution in [0, 0.1) is 0 Å². The summed E-state index contributed by atoms with van der Waals surface area (Å²) in [7, 11) is 0. The van der Waals surface area contributed by atoms with Crippen molar-refractivity contribution in [1.29, 1.82) is 0 Å². The van der Waals surface area contributed by atoms with Crippen LogP contribution < -0.4 is 0 Å². The van der Waals surface area contributed by atoms with E-state index in [0.717, 1.165) is 23.4 Å². The molecule has 0 aliphatic heterocycles.